The molecule has 51 heavy (non-hydrogen) atoms. The number of anilines is 1. The first-order valence-electron chi connectivity index (χ1n) is 17.6. The van der Waals surface area contributed by atoms with Crippen LogP contribution in [-0.2, 0) is 30.6 Å². The van der Waals surface area contributed by atoms with Gasteiger partial charge in [-0.2, -0.15) is 11.8 Å². The average Bonchev–Trinajstić information content (AvgIpc) is 3.64. The molecule has 3 heterocycles. The molecule has 1 aromatic carbocycles. The summed E-state index contributed by atoms with van der Waals surface area (Å²) in [7, 11) is 0. The molecule has 3 saturated heterocycles. The number of amides is 3. The SMILES string of the molecule is O=C(O)CN1CCN(CCOO)CCN(CCOO)CCN(CC(=O)O)C(Cc2ccc(NC(=O)CCCCC3SCC4NC(=O)NC43)cc2)C1. The van der Waals surface area contributed by atoms with Crippen LogP contribution in [0, 0.1) is 0 Å². The molecule has 3 amide bonds. The predicted molar refractivity (Wildman–Crippen MR) is 190 cm³/mol. The molecule has 0 spiro atoms. The summed E-state index contributed by atoms with van der Waals surface area (Å²) in [5.74, 6) is -1.16. The number of nitrogens with zero attached hydrogens (tertiary/aromatic N) is 4. The second-order valence-corrected chi connectivity index (χ2v) is 14.6. The highest BCUT2D eigenvalue weighted by Gasteiger charge is 2.42. The number of nitrogens with one attached hydrogen (secondary N) is 3. The minimum Gasteiger partial charge on any atom is -0.480 e. The number of carboxylic acid groups (broad SMARTS) is 2. The molecule has 4 unspecified atom stereocenters. The first kappa shape index (κ1) is 40.7. The second kappa shape index (κ2) is 21.5. The van der Waals surface area contributed by atoms with Crippen LogP contribution in [0.5, 0.6) is 0 Å². The van der Waals surface area contributed by atoms with Crippen molar-refractivity contribution in [2.45, 2.75) is 55.5 Å². The van der Waals surface area contributed by atoms with Gasteiger partial charge in [-0.3, -0.25) is 44.5 Å². The van der Waals surface area contributed by atoms with Crippen LogP contribution in [0.4, 0.5) is 10.5 Å². The fourth-order valence-electron chi connectivity index (χ4n) is 6.94. The summed E-state index contributed by atoms with van der Waals surface area (Å²) >= 11 is 1.86. The number of benzene rings is 1. The number of carbonyl (C=O) groups is 4. The average molecular weight is 740 g/mol. The lowest BCUT2D eigenvalue weighted by molar-refractivity contribution is -0.245. The Morgan fingerprint density at radius 2 is 1.47 bits per heavy atom. The minimum atomic E-state index is -0.996. The van der Waals surface area contributed by atoms with Gasteiger partial charge in [0.15, 0.2) is 0 Å². The summed E-state index contributed by atoms with van der Waals surface area (Å²) in [6, 6.07) is 7.32. The van der Waals surface area contributed by atoms with Gasteiger partial charge < -0.3 is 26.2 Å². The summed E-state index contributed by atoms with van der Waals surface area (Å²) in [6.45, 7) is 3.76. The van der Waals surface area contributed by atoms with E-state index in [4.69, 9.17) is 10.5 Å². The van der Waals surface area contributed by atoms with E-state index in [1.54, 1.807) is 0 Å². The lowest BCUT2D eigenvalue weighted by Gasteiger charge is -2.38. The van der Waals surface area contributed by atoms with E-state index >= 15 is 0 Å². The van der Waals surface area contributed by atoms with Gasteiger partial charge in [-0.25, -0.2) is 14.6 Å². The van der Waals surface area contributed by atoms with E-state index in [1.165, 1.54) is 0 Å². The fraction of sp³-hybridized carbons (Fsp3) is 0.697. The Kier molecular flexibility index (Phi) is 17.1. The number of unbranched alkanes of at least 4 members (excludes halogenated alkanes) is 1. The first-order valence-corrected chi connectivity index (χ1v) is 18.6. The van der Waals surface area contributed by atoms with Crippen molar-refractivity contribution in [2.24, 2.45) is 0 Å². The van der Waals surface area contributed by atoms with Crippen LogP contribution in [0.3, 0.4) is 0 Å². The van der Waals surface area contributed by atoms with Crippen molar-refractivity contribution in [2.75, 3.05) is 96.3 Å². The number of hydrogen-bond acceptors (Lipinski definition) is 13. The maximum Gasteiger partial charge on any atom is 0.317 e. The van der Waals surface area contributed by atoms with E-state index in [9.17, 15) is 29.4 Å². The monoisotopic (exact) mass is 739 g/mol. The van der Waals surface area contributed by atoms with Crippen LogP contribution >= 0.6 is 11.8 Å². The molecule has 7 N–H and O–H groups in total. The zero-order valence-corrected chi connectivity index (χ0v) is 29.8. The number of carboxylic acids is 2. The molecule has 3 aliphatic rings. The van der Waals surface area contributed by atoms with Crippen LogP contribution < -0.4 is 16.0 Å². The highest BCUT2D eigenvalue weighted by Crippen LogP contribution is 2.33. The van der Waals surface area contributed by atoms with Crippen LogP contribution in [0.25, 0.3) is 0 Å². The molecule has 286 valence electrons. The Morgan fingerprint density at radius 1 is 0.843 bits per heavy atom. The normalized spacial score (nSPS) is 24.2. The maximum atomic E-state index is 12.7. The van der Waals surface area contributed by atoms with E-state index in [-0.39, 0.29) is 56.4 Å². The number of fused-ring (bicyclic) bond motifs is 1. The van der Waals surface area contributed by atoms with Crippen LogP contribution in [0.2, 0.25) is 0 Å². The third kappa shape index (κ3) is 14.1. The third-order valence-electron chi connectivity index (χ3n) is 9.64. The number of aliphatic carboxylic acids is 2. The zero-order chi connectivity index (χ0) is 36.6. The molecule has 0 saturated carbocycles. The largest absolute Gasteiger partial charge is 0.480 e. The van der Waals surface area contributed by atoms with Crippen LogP contribution in [-0.4, -0.2) is 179 Å². The van der Waals surface area contributed by atoms with Gasteiger partial charge in [0.1, 0.15) is 0 Å². The smallest absolute Gasteiger partial charge is 0.317 e. The summed E-state index contributed by atoms with van der Waals surface area (Å²) in [5.41, 5.74) is 1.56. The van der Waals surface area contributed by atoms with Gasteiger partial charge >= 0.3 is 18.0 Å². The summed E-state index contributed by atoms with van der Waals surface area (Å²) in [6.07, 6.45) is 3.39. The van der Waals surface area contributed by atoms with Gasteiger partial charge in [0.05, 0.1) is 38.4 Å². The predicted octanol–water partition coefficient (Wildman–Crippen LogP) is 0.632. The number of urea groups is 1. The molecular weight excluding hydrogens is 686 g/mol. The van der Waals surface area contributed by atoms with Gasteiger partial charge in [-0.15, -0.1) is 0 Å². The highest BCUT2D eigenvalue weighted by atomic mass is 32.2. The van der Waals surface area contributed by atoms with Crippen LogP contribution in [0.15, 0.2) is 24.3 Å². The maximum absolute atomic E-state index is 12.7. The lowest BCUT2D eigenvalue weighted by atomic mass is 10.0. The van der Waals surface area contributed by atoms with E-state index < -0.39 is 11.9 Å². The first-order chi connectivity index (χ1) is 24.6. The van der Waals surface area contributed by atoms with Gasteiger partial charge in [0.2, 0.25) is 5.91 Å². The Balaban J connectivity index is 1.38. The van der Waals surface area contributed by atoms with E-state index in [2.05, 4.69) is 35.5 Å². The Hall–Kier alpha value is -3.07. The standard InChI is InChI=1S/C33H53N7O10S/c41-29(4-2-1-3-28-32-27(23-51-28)35-33(46)36-32)34-25-7-5-24(6-8-25)19-26-20-39(21-30(42)43)12-11-37(15-17-49-47)9-10-38(16-18-50-48)13-14-40(26)22-31(44)45/h5-8,26-28,32,47-48H,1-4,9-23H2,(H,34,41)(H,42,43)(H,44,45)(H2,35,36,46). The van der Waals surface area contributed by atoms with Gasteiger partial charge in [-0.1, -0.05) is 18.6 Å². The number of carbonyl (C=O) groups excluding carboxylic acids is 2. The van der Waals surface area contributed by atoms with E-state index in [0.29, 0.717) is 82.7 Å². The summed E-state index contributed by atoms with van der Waals surface area (Å²) in [4.78, 5) is 64.7. The number of thioether (sulfide) groups is 1. The molecule has 1 aromatic rings. The van der Waals surface area contributed by atoms with E-state index in [0.717, 1.165) is 30.6 Å². The Labute approximate surface area is 302 Å². The molecule has 4 atom stereocenters. The van der Waals surface area contributed by atoms with Gasteiger partial charge in [-0.05, 0) is 37.0 Å². The lowest BCUT2D eigenvalue weighted by Crippen LogP contribution is -2.53. The summed E-state index contributed by atoms with van der Waals surface area (Å²) < 4.78 is 0. The van der Waals surface area contributed by atoms with Crippen molar-refractivity contribution in [1.82, 2.24) is 30.2 Å². The van der Waals surface area contributed by atoms with Crippen molar-refractivity contribution in [3.05, 3.63) is 29.8 Å². The molecule has 0 aliphatic carbocycles. The highest BCUT2D eigenvalue weighted by molar-refractivity contribution is 8.00. The second-order valence-electron chi connectivity index (χ2n) is 13.3. The molecule has 17 nitrogen and oxygen atoms in total. The minimum absolute atomic E-state index is 0.0800. The molecule has 0 aromatic heterocycles. The van der Waals surface area contributed by atoms with Crippen molar-refractivity contribution in [3.63, 3.8) is 0 Å². The number of rotatable bonds is 18. The van der Waals surface area contributed by atoms with Crippen LogP contribution in [0.1, 0.15) is 31.2 Å². The molecule has 4 rings (SSSR count). The van der Waals surface area contributed by atoms with Crippen molar-refractivity contribution in [3.8, 4) is 0 Å². The summed E-state index contributed by atoms with van der Waals surface area (Å²) in [5, 5.41) is 46.7. The Morgan fingerprint density at radius 3 is 2.10 bits per heavy atom. The van der Waals surface area contributed by atoms with Gasteiger partial charge in [0.25, 0.3) is 0 Å². The molecule has 0 radical (unpaired) electrons. The fourth-order valence-corrected chi connectivity index (χ4v) is 8.48. The van der Waals surface area contributed by atoms with Crippen molar-refractivity contribution in [1.29, 1.82) is 0 Å². The molecule has 0 bridgehead atoms. The van der Waals surface area contributed by atoms with E-state index in [1.807, 2.05) is 45.8 Å². The molecule has 18 heteroatoms. The van der Waals surface area contributed by atoms with Crippen molar-refractivity contribution < 1.29 is 49.7 Å². The number of hydrogen-bond donors (Lipinski definition) is 7. The quantitative estimate of drug-likeness (QED) is 0.0476. The Bertz CT molecular complexity index is 1260. The van der Waals surface area contributed by atoms with Crippen molar-refractivity contribution >= 4 is 41.3 Å². The van der Waals surface area contributed by atoms with Gasteiger partial charge in [0, 0.05) is 88.1 Å². The molecule has 3 fully saturated rings. The third-order valence-corrected chi connectivity index (χ3v) is 11.1. The topological polar surface area (TPSA) is 217 Å². The zero-order valence-electron chi connectivity index (χ0n) is 29.0. The molecular formula is C33H53N7O10S. The molecule has 3 aliphatic heterocycles.